The molecule has 0 fully saturated rings. The Kier molecular flexibility index (Phi) is 4.83. The molecule has 1 amide bonds. The number of rotatable bonds is 5. The Morgan fingerprint density at radius 2 is 2.08 bits per heavy atom. The number of nitrogens with zero attached hydrogens (tertiary/aromatic N) is 6. The summed E-state index contributed by atoms with van der Waals surface area (Å²) in [4.78, 5) is 12.3. The molecule has 26 heavy (non-hydrogen) atoms. The molecule has 1 aromatic carbocycles. The molecule has 3 aromatic rings. The minimum Gasteiger partial charge on any atom is -0.378 e. The Morgan fingerprint density at radius 1 is 1.31 bits per heavy atom. The van der Waals surface area contributed by atoms with Crippen LogP contribution < -0.4 is 11.2 Å². The fourth-order valence-electron chi connectivity index (χ4n) is 2.09. The minimum atomic E-state index is -0.503. The number of amides is 1. The van der Waals surface area contributed by atoms with Gasteiger partial charge >= 0.3 is 0 Å². The van der Waals surface area contributed by atoms with Crippen molar-refractivity contribution in [3.63, 3.8) is 0 Å². The first kappa shape index (κ1) is 17.0. The van der Waals surface area contributed by atoms with Crippen molar-refractivity contribution >= 4 is 23.5 Å². The molecule has 0 unspecified atom stereocenters. The summed E-state index contributed by atoms with van der Waals surface area (Å²) in [5.41, 5.74) is 10.2. The molecule has 0 aliphatic carbocycles. The third kappa shape index (κ3) is 3.64. The van der Waals surface area contributed by atoms with Gasteiger partial charge in [0.1, 0.15) is 0 Å². The second-order valence-electron chi connectivity index (χ2n) is 5.35. The number of carbonyl (C=O) groups excluding carboxylic acids is 1. The lowest BCUT2D eigenvalue weighted by Gasteiger charge is -2.00. The molecule has 0 saturated carbocycles. The number of hydrogen-bond donors (Lipinski definition) is 2. The number of hydrazone groups is 1. The maximum absolute atomic E-state index is 12.3. The van der Waals surface area contributed by atoms with Gasteiger partial charge in [-0.1, -0.05) is 41.6 Å². The minimum absolute atomic E-state index is 0.0462. The molecule has 3 N–H and O–H groups in total. The van der Waals surface area contributed by atoms with Gasteiger partial charge in [0.05, 0.1) is 11.4 Å². The third-order valence-electron chi connectivity index (χ3n) is 3.46. The number of nitrogens with two attached hydrogens (primary N) is 1. The molecule has 0 spiro atoms. The van der Waals surface area contributed by atoms with Crippen LogP contribution in [-0.2, 0) is 0 Å². The molecule has 132 valence electrons. The van der Waals surface area contributed by atoms with Crippen molar-refractivity contribution in [1.29, 1.82) is 0 Å². The molecule has 2 heterocycles. The summed E-state index contributed by atoms with van der Waals surface area (Å²) in [7, 11) is 0. The van der Waals surface area contributed by atoms with Crippen LogP contribution in [0.4, 0.5) is 5.82 Å². The zero-order valence-electron chi connectivity index (χ0n) is 14.1. The number of hydrogen-bond acceptors (Lipinski definition) is 8. The Morgan fingerprint density at radius 3 is 2.77 bits per heavy atom. The van der Waals surface area contributed by atoms with Crippen molar-refractivity contribution in [3.8, 4) is 5.82 Å². The lowest BCUT2D eigenvalue weighted by atomic mass is 10.2. The standard InChI is InChI=1S/C16H16N8O2/c1-10(8-9-12-6-4-3-5-7-12)18-20-16(25)13-11(2)24(23-19-13)15-14(17)21-26-22-15/h3-9H,1-2H3,(H2,17,21)(H,20,25). The summed E-state index contributed by atoms with van der Waals surface area (Å²) in [5.74, 6) is -0.291. The van der Waals surface area contributed by atoms with Crippen LogP contribution in [0.15, 0.2) is 46.1 Å². The molecule has 2 aromatic heterocycles. The lowest BCUT2D eigenvalue weighted by Crippen LogP contribution is -2.20. The van der Waals surface area contributed by atoms with Crippen LogP contribution in [0.5, 0.6) is 0 Å². The van der Waals surface area contributed by atoms with E-state index in [1.54, 1.807) is 19.9 Å². The van der Waals surface area contributed by atoms with Gasteiger partial charge in [-0.25, -0.2) is 10.1 Å². The summed E-state index contributed by atoms with van der Waals surface area (Å²) < 4.78 is 5.79. The van der Waals surface area contributed by atoms with Crippen LogP contribution in [0.3, 0.4) is 0 Å². The van der Waals surface area contributed by atoms with Gasteiger partial charge in [0.15, 0.2) is 5.69 Å². The second kappa shape index (κ2) is 7.38. The van der Waals surface area contributed by atoms with E-state index in [1.807, 2.05) is 36.4 Å². The third-order valence-corrected chi connectivity index (χ3v) is 3.46. The Bertz CT molecular complexity index is 971. The number of allylic oxidation sites excluding steroid dienone is 1. The topological polar surface area (TPSA) is 137 Å². The highest BCUT2D eigenvalue weighted by Crippen LogP contribution is 2.14. The van der Waals surface area contributed by atoms with Gasteiger partial charge in [-0.15, -0.1) is 5.10 Å². The number of carbonyl (C=O) groups is 1. The highest BCUT2D eigenvalue weighted by molar-refractivity contribution is 5.98. The van der Waals surface area contributed by atoms with E-state index in [9.17, 15) is 4.79 Å². The fourth-order valence-corrected chi connectivity index (χ4v) is 2.09. The van der Waals surface area contributed by atoms with Crippen molar-refractivity contribution < 1.29 is 9.42 Å². The number of anilines is 1. The van der Waals surface area contributed by atoms with E-state index in [0.29, 0.717) is 11.4 Å². The number of nitrogen functional groups attached to an aromatic ring is 1. The molecule has 0 bridgehead atoms. The van der Waals surface area contributed by atoms with Gasteiger partial charge in [-0.05, 0) is 35.8 Å². The van der Waals surface area contributed by atoms with E-state index in [1.165, 1.54) is 4.68 Å². The van der Waals surface area contributed by atoms with Crippen molar-refractivity contribution in [1.82, 2.24) is 30.7 Å². The molecule has 0 atom stereocenters. The van der Waals surface area contributed by atoms with Crippen LogP contribution in [0.2, 0.25) is 0 Å². The van der Waals surface area contributed by atoms with Gasteiger partial charge in [0.25, 0.3) is 5.91 Å². The smallest absolute Gasteiger partial charge is 0.293 e. The summed E-state index contributed by atoms with van der Waals surface area (Å²) in [6.45, 7) is 3.42. The highest BCUT2D eigenvalue weighted by Gasteiger charge is 2.20. The normalized spacial score (nSPS) is 11.8. The van der Waals surface area contributed by atoms with E-state index in [0.717, 1.165) is 5.56 Å². The van der Waals surface area contributed by atoms with E-state index in [2.05, 4.69) is 35.8 Å². The molecule has 10 heteroatoms. The van der Waals surface area contributed by atoms with Crippen molar-refractivity contribution in [3.05, 3.63) is 53.4 Å². The van der Waals surface area contributed by atoms with Crippen LogP contribution >= 0.6 is 0 Å². The van der Waals surface area contributed by atoms with Crippen molar-refractivity contribution in [2.75, 3.05) is 5.73 Å². The van der Waals surface area contributed by atoms with Crippen LogP contribution in [0.25, 0.3) is 11.9 Å². The van der Waals surface area contributed by atoms with Gasteiger partial charge in [-0.3, -0.25) is 4.79 Å². The molecule has 0 saturated heterocycles. The first-order valence-corrected chi connectivity index (χ1v) is 7.64. The zero-order valence-corrected chi connectivity index (χ0v) is 14.1. The monoisotopic (exact) mass is 352 g/mol. The van der Waals surface area contributed by atoms with Gasteiger partial charge in [-0.2, -0.15) is 9.78 Å². The quantitative estimate of drug-likeness (QED) is 0.522. The molecular formula is C16H16N8O2. The Hall–Kier alpha value is -3.82. The van der Waals surface area contributed by atoms with Crippen LogP contribution in [0, 0.1) is 6.92 Å². The maximum Gasteiger partial charge on any atom is 0.293 e. The second-order valence-corrected chi connectivity index (χ2v) is 5.35. The van der Waals surface area contributed by atoms with Crippen molar-refractivity contribution in [2.45, 2.75) is 13.8 Å². The van der Waals surface area contributed by atoms with Crippen LogP contribution in [0.1, 0.15) is 28.7 Å². The maximum atomic E-state index is 12.3. The first-order valence-electron chi connectivity index (χ1n) is 7.64. The Labute approximate surface area is 148 Å². The molecule has 0 aliphatic heterocycles. The van der Waals surface area contributed by atoms with E-state index in [-0.39, 0.29) is 17.3 Å². The molecule has 0 aliphatic rings. The molecule has 0 radical (unpaired) electrons. The van der Waals surface area contributed by atoms with Crippen LogP contribution in [-0.4, -0.2) is 36.9 Å². The summed E-state index contributed by atoms with van der Waals surface area (Å²) in [6, 6.07) is 9.76. The average molecular weight is 352 g/mol. The Balaban J connectivity index is 1.70. The fraction of sp³-hybridized carbons (Fsp3) is 0.125. The molecule has 3 rings (SSSR count). The van der Waals surface area contributed by atoms with E-state index in [4.69, 9.17) is 5.73 Å². The highest BCUT2D eigenvalue weighted by atomic mass is 16.6. The summed E-state index contributed by atoms with van der Waals surface area (Å²) in [6.07, 6.45) is 3.69. The number of benzene rings is 1. The molecular weight excluding hydrogens is 336 g/mol. The van der Waals surface area contributed by atoms with Gasteiger partial charge in [0, 0.05) is 0 Å². The average Bonchev–Trinajstić information content (AvgIpc) is 3.24. The first-order chi connectivity index (χ1) is 12.6. The van der Waals surface area contributed by atoms with Gasteiger partial charge in [0.2, 0.25) is 11.6 Å². The predicted molar refractivity (Wildman–Crippen MR) is 94.4 cm³/mol. The number of nitrogens with one attached hydrogen (secondary N) is 1. The molecule has 10 nitrogen and oxygen atoms in total. The van der Waals surface area contributed by atoms with Gasteiger partial charge < -0.3 is 5.73 Å². The summed E-state index contributed by atoms with van der Waals surface area (Å²) >= 11 is 0. The van der Waals surface area contributed by atoms with E-state index >= 15 is 0 Å². The van der Waals surface area contributed by atoms with E-state index < -0.39 is 5.91 Å². The largest absolute Gasteiger partial charge is 0.378 e. The lowest BCUT2D eigenvalue weighted by molar-refractivity contribution is 0.0949. The number of aromatic nitrogens is 5. The SMILES string of the molecule is CC(C=Cc1ccccc1)=NNC(=O)c1nnn(-c2nonc2N)c1C. The predicted octanol–water partition coefficient (Wildman–Crippen LogP) is 1.36. The van der Waals surface area contributed by atoms with Crippen molar-refractivity contribution in [2.24, 2.45) is 5.10 Å². The summed E-state index contributed by atoms with van der Waals surface area (Å²) in [5, 5.41) is 18.8. The zero-order chi connectivity index (χ0) is 18.5.